The number of hydrogen-bond donors (Lipinski definition) is 0. The number of esters is 1. The zero-order valence-corrected chi connectivity index (χ0v) is 16.9. The van der Waals surface area contributed by atoms with Crippen molar-refractivity contribution in [3.05, 3.63) is 59.9 Å². The second-order valence-electron chi connectivity index (χ2n) is 6.40. The Morgan fingerprint density at radius 3 is 2.54 bits per heavy atom. The van der Waals surface area contributed by atoms with Gasteiger partial charge in [-0.3, -0.25) is 14.3 Å². The Balaban J connectivity index is 2.05. The lowest BCUT2D eigenvalue weighted by Gasteiger charge is -2.23. The highest BCUT2D eigenvalue weighted by molar-refractivity contribution is 5.98. The first-order valence-electron chi connectivity index (χ1n) is 9.77. The van der Waals surface area contributed by atoms with Gasteiger partial charge < -0.3 is 9.64 Å². The van der Waals surface area contributed by atoms with E-state index in [1.54, 1.807) is 22.7 Å². The molecule has 1 heterocycles. The maximum Gasteiger partial charge on any atom is 0.318 e. The SMILES string of the molecule is CCOC(=O)C(Cc1cnn(C/C=C/c2ccccc2)c1)C(=O)N(CC)CC. The molecule has 150 valence electrons. The van der Waals surface area contributed by atoms with Gasteiger partial charge in [-0.05, 0) is 38.3 Å². The molecule has 0 bridgehead atoms. The molecule has 0 spiro atoms. The van der Waals surface area contributed by atoms with Crippen LogP contribution in [0.3, 0.4) is 0 Å². The van der Waals surface area contributed by atoms with Crippen molar-refractivity contribution in [1.82, 2.24) is 14.7 Å². The number of nitrogens with zero attached hydrogens (tertiary/aromatic N) is 3. The van der Waals surface area contributed by atoms with Crippen LogP contribution in [0.5, 0.6) is 0 Å². The third-order valence-electron chi connectivity index (χ3n) is 4.47. The lowest BCUT2D eigenvalue weighted by Crippen LogP contribution is -2.41. The lowest BCUT2D eigenvalue weighted by atomic mass is 10.00. The quantitative estimate of drug-likeness (QED) is 0.467. The van der Waals surface area contributed by atoms with Crippen LogP contribution >= 0.6 is 0 Å². The molecule has 1 atom stereocenters. The predicted octanol–water partition coefficient (Wildman–Crippen LogP) is 3.19. The van der Waals surface area contributed by atoms with E-state index in [9.17, 15) is 9.59 Å². The Labute approximate surface area is 166 Å². The van der Waals surface area contributed by atoms with E-state index in [4.69, 9.17) is 4.74 Å². The number of rotatable bonds is 10. The van der Waals surface area contributed by atoms with Gasteiger partial charge in [0, 0.05) is 19.3 Å². The zero-order chi connectivity index (χ0) is 20.4. The zero-order valence-electron chi connectivity index (χ0n) is 16.9. The Kier molecular flexibility index (Phi) is 8.46. The number of carbonyl (C=O) groups excluding carboxylic acids is 2. The van der Waals surface area contributed by atoms with Gasteiger partial charge in [0.1, 0.15) is 5.92 Å². The van der Waals surface area contributed by atoms with Crippen molar-refractivity contribution in [2.24, 2.45) is 5.92 Å². The first kappa shape index (κ1) is 21.4. The number of carbonyl (C=O) groups is 2. The van der Waals surface area contributed by atoms with Gasteiger partial charge in [0.05, 0.1) is 19.3 Å². The fraction of sp³-hybridized carbons (Fsp3) is 0.409. The molecule has 6 nitrogen and oxygen atoms in total. The van der Waals surface area contributed by atoms with Gasteiger partial charge in [0.2, 0.25) is 5.91 Å². The summed E-state index contributed by atoms with van der Waals surface area (Å²) in [5.41, 5.74) is 1.97. The minimum Gasteiger partial charge on any atom is -0.465 e. The summed E-state index contributed by atoms with van der Waals surface area (Å²) in [5.74, 6) is -1.51. The third kappa shape index (κ3) is 6.08. The topological polar surface area (TPSA) is 64.4 Å². The molecule has 0 fully saturated rings. The molecule has 0 radical (unpaired) electrons. The molecule has 0 N–H and O–H groups in total. The summed E-state index contributed by atoms with van der Waals surface area (Å²) in [6, 6.07) is 10.0. The monoisotopic (exact) mass is 383 g/mol. The second kappa shape index (κ2) is 11.1. The Morgan fingerprint density at radius 2 is 1.89 bits per heavy atom. The molecule has 0 saturated heterocycles. The van der Waals surface area contributed by atoms with Gasteiger partial charge in [-0.15, -0.1) is 0 Å². The maximum atomic E-state index is 12.7. The van der Waals surface area contributed by atoms with Crippen molar-refractivity contribution < 1.29 is 14.3 Å². The molecular formula is C22H29N3O3. The van der Waals surface area contributed by atoms with Gasteiger partial charge in [-0.25, -0.2) is 0 Å². The Hall–Kier alpha value is -2.89. The summed E-state index contributed by atoms with van der Waals surface area (Å²) < 4.78 is 6.92. The van der Waals surface area contributed by atoms with E-state index >= 15 is 0 Å². The number of amides is 1. The molecule has 0 aliphatic rings. The molecule has 1 unspecified atom stereocenters. The normalized spacial score (nSPS) is 12.1. The van der Waals surface area contributed by atoms with E-state index in [0.717, 1.165) is 11.1 Å². The van der Waals surface area contributed by atoms with Crippen LogP contribution in [0, 0.1) is 5.92 Å². The summed E-state index contributed by atoms with van der Waals surface area (Å²) in [4.78, 5) is 26.8. The van der Waals surface area contributed by atoms with Gasteiger partial charge >= 0.3 is 5.97 Å². The van der Waals surface area contributed by atoms with Gasteiger partial charge in [-0.1, -0.05) is 42.5 Å². The van der Waals surface area contributed by atoms with E-state index < -0.39 is 11.9 Å². The van der Waals surface area contributed by atoms with Gasteiger partial charge in [-0.2, -0.15) is 5.10 Å². The largest absolute Gasteiger partial charge is 0.465 e. The van der Waals surface area contributed by atoms with Crippen LogP contribution in [0.25, 0.3) is 6.08 Å². The Morgan fingerprint density at radius 1 is 1.18 bits per heavy atom. The van der Waals surface area contributed by atoms with Crippen molar-refractivity contribution in [2.75, 3.05) is 19.7 Å². The molecule has 1 aromatic carbocycles. The third-order valence-corrected chi connectivity index (χ3v) is 4.47. The lowest BCUT2D eigenvalue weighted by molar-refractivity contribution is -0.155. The van der Waals surface area contributed by atoms with E-state index in [2.05, 4.69) is 5.10 Å². The molecular weight excluding hydrogens is 354 g/mol. The minimum absolute atomic E-state index is 0.194. The van der Waals surface area contributed by atoms with Crippen molar-refractivity contribution in [1.29, 1.82) is 0 Å². The predicted molar refractivity (Wildman–Crippen MR) is 109 cm³/mol. The molecule has 6 heteroatoms. The highest BCUT2D eigenvalue weighted by Crippen LogP contribution is 2.14. The fourth-order valence-electron chi connectivity index (χ4n) is 2.98. The molecule has 2 rings (SSSR count). The first-order valence-corrected chi connectivity index (χ1v) is 9.77. The van der Waals surface area contributed by atoms with Crippen LogP contribution < -0.4 is 0 Å². The summed E-state index contributed by atoms with van der Waals surface area (Å²) >= 11 is 0. The number of allylic oxidation sites excluding steroid dienone is 1. The van der Waals surface area contributed by atoms with Crippen molar-refractivity contribution in [3.8, 4) is 0 Å². The molecule has 0 saturated carbocycles. The molecule has 28 heavy (non-hydrogen) atoms. The van der Waals surface area contributed by atoms with Crippen LogP contribution in [0.15, 0.2) is 48.8 Å². The average Bonchev–Trinajstić information content (AvgIpc) is 3.15. The molecule has 1 amide bonds. The van der Waals surface area contributed by atoms with E-state index in [1.165, 1.54) is 0 Å². The summed E-state index contributed by atoms with van der Waals surface area (Å²) in [6.45, 7) is 7.55. The van der Waals surface area contributed by atoms with Gasteiger partial charge in [0.25, 0.3) is 0 Å². The van der Waals surface area contributed by atoms with Crippen molar-refractivity contribution in [2.45, 2.75) is 33.7 Å². The summed E-state index contributed by atoms with van der Waals surface area (Å²) in [6.07, 6.45) is 7.92. The van der Waals surface area contributed by atoms with E-state index in [1.807, 2.05) is 62.5 Å². The number of aromatic nitrogens is 2. The standard InChI is InChI=1S/C22H29N3O3/c1-4-24(5-2)21(26)20(22(27)28-6-3)15-19-16-23-25(17-19)14-10-13-18-11-8-7-9-12-18/h7-13,16-17,20H,4-6,14-15H2,1-3H3/b13-10+. The summed E-state index contributed by atoms with van der Waals surface area (Å²) in [5, 5.41) is 4.34. The fourth-order valence-corrected chi connectivity index (χ4v) is 2.98. The highest BCUT2D eigenvalue weighted by atomic mass is 16.5. The van der Waals surface area contributed by atoms with Gasteiger partial charge in [0.15, 0.2) is 0 Å². The Bertz CT molecular complexity index is 779. The van der Waals surface area contributed by atoms with Crippen LogP contribution in [0.1, 0.15) is 31.9 Å². The van der Waals surface area contributed by atoms with Crippen LogP contribution in [0.2, 0.25) is 0 Å². The number of hydrogen-bond acceptors (Lipinski definition) is 4. The van der Waals surface area contributed by atoms with E-state index in [-0.39, 0.29) is 18.9 Å². The molecule has 0 aliphatic heterocycles. The minimum atomic E-state index is -0.836. The van der Waals surface area contributed by atoms with Crippen LogP contribution in [-0.2, 0) is 27.3 Å². The second-order valence-corrected chi connectivity index (χ2v) is 6.40. The number of ether oxygens (including phenoxy) is 1. The van der Waals surface area contributed by atoms with Crippen molar-refractivity contribution in [3.63, 3.8) is 0 Å². The molecule has 1 aromatic heterocycles. The molecule has 0 aliphatic carbocycles. The van der Waals surface area contributed by atoms with Crippen molar-refractivity contribution >= 4 is 18.0 Å². The van der Waals surface area contributed by atoms with Crippen LogP contribution in [0.4, 0.5) is 0 Å². The highest BCUT2D eigenvalue weighted by Gasteiger charge is 2.31. The number of benzene rings is 1. The van der Waals surface area contributed by atoms with E-state index in [0.29, 0.717) is 19.6 Å². The van der Waals surface area contributed by atoms with Crippen LogP contribution in [-0.4, -0.2) is 46.3 Å². The average molecular weight is 383 g/mol. The summed E-state index contributed by atoms with van der Waals surface area (Å²) in [7, 11) is 0. The smallest absolute Gasteiger partial charge is 0.318 e. The maximum absolute atomic E-state index is 12.7. The molecule has 2 aromatic rings. The first-order chi connectivity index (χ1) is 13.6.